The molecule has 0 radical (unpaired) electrons. The Kier molecular flexibility index (Phi) is 9.19. The first-order chi connectivity index (χ1) is 19.0. The van der Waals surface area contributed by atoms with Crippen molar-refractivity contribution in [3.05, 3.63) is 85.1 Å². The molecule has 1 aliphatic heterocycles. The number of nitro groups is 1. The first-order valence-corrected chi connectivity index (χ1v) is 13.8. The number of fused-ring (bicyclic) bond motifs is 1. The maximum absolute atomic E-state index is 12.8. The average Bonchev–Trinajstić information content (AvgIpc) is 3.28. The highest BCUT2D eigenvalue weighted by Gasteiger charge is 2.32. The Labute approximate surface area is 248 Å². The summed E-state index contributed by atoms with van der Waals surface area (Å²) in [6, 6.07) is 7.60. The summed E-state index contributed by atoms with van der Waals surface area (Å²) in [5.74, 6) is 5.94. The molecule has 0 amide bonds. The van der Waals surface area contributed by atoms with Gasteiger partial charge in [0.25, 0.3) is 0 Å². The first-order valence-electron chi connectivity index (χ1n) is 12.2. The monoisotopic (exact) mass is 666 g/mol. The van der Waals surface area contributed by atoms with Crippen LogP contribution in [0, 0.1) is 22.0 Å². The molecule has 0 fully saturated rings. The van der Waals surface area contributed by atoms with Crippen molar-refractivity contribution >= 4 is 65.8 Å². The number of halogens is 2. The third kappa shape index (κ3) is 7.44. The summed E-state index contributed by atoms with van der Waals surface area (Å²) >= 11 is 6.97. The van der Waals surface area contributed by atoms with Crippen LogP contribution in [-0.2, 0) is 11.2 Å². The Morgan fingerprint density at radius 1 is 1.20 bits per heavy atom. The van der Waals surface area contributed by atoms with Gasteiger partial charge in [0.2, 0.25) is 5.71 Å². The smallest absolute Gasteiger partial charge is 0.358 e. The number of aliphatic imine (C=N–C) groups is 1. The molecule has 0 saturated heterocycles. The lowest BCUT2D eigenvalue weighted by atomic mass is 10.1. The second-order valence-corrected chi connectivity index (χ2v) is 11.5. The number of nitrogens with one attached hydrogen (secondary N) is 1. The van der Waals surface area contributed by atoms with Gasteiger partial charge in [0.05, 0.1) is 50.8 Å². The lowest BCUT2D eigenvalue weighted by molar-refractivity contribution is -0.880. The molecule has 0 bridgehead atoms. The fourth-order valence-corrected chi connectivity index (χ4v) is 4.86. The van der Waals surface area contributed by atoms with Crippen LogP contribution in [0.15, 0.2) is 74.3 Å². The van der Waals surface area contributed by atoms with Crippen LogP contribution in [0.2, 0.25) is 0 Å². The van der Waals surface area contributed by atoms with Crippen LogP contribution in [0.4, 0.5) is 11.5 Å². The normalized spacial score (nSPS) is 13.4. The summed E-state index contributed by atoms with van der Waals surface area (Å²) in [6.07, 6.45) is 6.91. The molecule has 0 spiro atoms. The van der Waals surface area contributed by atoms with Crippen LogP contribution < -0.4 is 5.32 Å². The molecule has 3 heterocycles. The highest BCUT2D eigenvalue weighted by molar-refractivity contribution is 9.13. The van der Waals surface area contributed by atoms with E-state index in [2.05, 4.69) is 69.0 Å². The van der Waals surface area contributed by atoms with Gasteiger partial charge in [-0.05, 0) is 91.0 Å². The zero-order valence-electron chi connectivity index (χ0n) is 22.1. The number of rotatable bonds is 10. The number of benzene rings is 1. The number of quaternary nitrogens is 1. The Balaban J connectivity index is 1.41. The van der Waals surface area contributed by atoms with Gasteiger partial charge in [-0.15, -0.1) is 0 Å². The quantitative estimate of drug-likeness (QED) is 0.101. The van der Waals surface area contributed by atoms with Crippen molar-refractivity contribution in [2.75, 3.05) is 32.5 Å². The molecule has 1 aliphatic rings. The van der Waals surface area contributed by atoms with Gasteiger partial charge in [0, 0.05) is 25.7 Å². The molecule has 0 unspecified atom stereocenters. The number of carbonyl (C=O) groups is 1. The van der Waals surface area contributed by atoms with Gasteiger partial charge in [0.15, 0.2) is 5.78 Å². The van der Waals surface area contributed by atoms with Gasteiger partial charge in [0.1, 0.15) is 18.7 Å². The fourth-order valence-electron chi connectivity index (χ4n) is 4.24. The van der Waals surface area contributed by atoms with Gasteiger partial charge in [-0.25, -0.2) is 9.97 Å². The van der Waals surface area contributed by atoms with Crippen LogP contribution in [0.5, 0.6) is 0 Å². The van der Waals surface area contributed by atoms with Crippen LogP contribution in [0.3, 0.4) is 0 Å². The van der Waals surface area contributed by atoms with Crippen molar-refractivity contribution in [2.45, 2.75) is 19.8 Å². The molecule has 204 valence electrons. The van der Waals surface area contributed by atoms with E-state index in [1.54, 1.807) is 19.2 Å². The van der Waals surface area contributed by atoms with Gasteiger partial charge in [-0.3, -0.25) is 9.78 Å². The number of anilines is 2. The maximum atomic E-state index is 12.8. The topological polar surface area (TPSA) is 123 Å². The summed E-state index contributed by atoms with van der Waals surface area (Å²) in [5, 5.41) is 15.5. The summed E-state index contributed by atoms with van der Waals surface area (Å²) in [4.78, 5) is 40.9. The predicted octanol–water partition coefficient (Wildman–Crippen LogP) is 5.39. The zero-order chi connectivity index (χ0) is 28.9. The highest BCUT2D eigenvalue weighted by Crippen LogP contribution is 2.29. The summed E-state index contributed by atoms with van der Waals surface area (Å²) in [5.41, 5.74) is 3.24. The molecular weight excluding hydrogens is 642 g/mol. The van der Waals surface area contributed by atoms with Crippen LogP contribution in [-0.4, -0.2) is 63.0 Å². The summed E-state index contributed by atoms with van der Waals surface area (Å²) in [7, 11) is 3.90. The number of likely N-dealkylation sites (N-methyl/N-ethyl adjacent to an activating group) is 1. The van der Waals surface area contributed by atoms with E-state index < -0.39 is 4.92 Å². The minimum Gasteiger partial charge on any atom is -0.358 e. The highest BCUT2D eigenvalue weighted by atomic mass is 79.9. The van der Waals surface area contributed by atoms with E-state index >= 15 is 0 Å². The zero-order valence-corrected chi connectivity index (χ0v) is 25.3. The fraction of sp³-hybridized carbons (Fsp3) is 0.250. The standard InChI is InChI=1S/C28H26Br2N7O3/c1-4-6-19-11-18(28(35-19)36(39)40)16-37(2,3)10-5-7-22(38)12-21-13-23-26(15-31-21)32-17-33-27(23)34-20-8-9-24(29)25(30)14-20/h5,7-9,13-15,17H,10-12,16H2,1-3H3,(H,32,33,34)/q+1/b7-5+. The number of aromatic nitrogens is 3. The maximum Gasteiger partial charge on any atom is 0.369 e. The number of allylic oxidation sites excluding steroid dienone is 1. The largest absolute Gasteiger partial charge is 0.369 e. The lowest BCUT2D eigenvalue weighted by Crippen LogP contribution is -2.41. The average molecular weight is 668 g/mol. The van der Waals surface area contributed by atoms with Crippen LogP contribution in [0.25, 0.3) is 10.9 Å². The number of hydrogen-bond donors (Lipinski definition) is 1. The molecule has 40 heavy (non-hydrogen) atoms. The van der Waals surface area contributed by atoms with E-state index in [1.165, 1.54) is 12.4 Å². The van der Waals surface area contributed by atoms with Crippen molar-refractivity contribution in [2.24, 2.45) is 4.99 Å². The predicted molar refractivity (Wildman–Crippen MR) is 162 cm³/mol. The van der Waals surface area contributed by atoms with Crippen molar-refractivity contribution < 1.29 is 14.2 Å². The lowest BCUT2D eigenvalue weighted by Gasteiger charge is -2.28. The molecule has 10 nitrogen and oxygen atoms in total. The van der Waals surface area contributed by atoms with Gasteiger partial charge >= 0.3 is 5.82 Å². The molecule has 0 saturated carbocycles. The molecular formula is C28H26Br2N7O3+. The van der Waals surface area contributed by atoms with E-state index in [-0.39, 0.29) is 18.0 Å². The Morgan fingerprint density at radius 2 is 2.00 bits per heavy atom. The third-order valence-corrected chi connectivity index (χ3v) is 7.90. The number of ketones is 1. The SMILES string of the molecule is CC#CC1=NC([N+](=O)[O-])=C(C[N+](C)(C)C/C=C/C(=O)Cc2cc3c(Nc4ccc(Br)c(Br)c4)ncnc3cn2)C1. The van der Waals surface area contributed by atoms with Crippen molar-refractivity contribution in [1.82, 2.24) is 15.0 Å². The van der Waals surface area contributed by atoms with E-state index in [0.29, 0.717) is 52.3 Å². The Morgan fingerprint density at radius 3 is 2.73 bits per heavy atom. The van der Waals surface area contributed by atoms with Crippen molar-refractivity contribution in [1.29, 1.82) is 0 Å². The number of hydrogen-bond acceptors (Lipinski definition) is 8. The molecule has 12 heteroatoms. The summed E-state index contributed by atoms with van der Waals surface area (Å²) < 4.78 is 2.26. The minimum atomic E-state index is -0.459. The van der Waals surface area contributed by atoms with Gasteiger partial charge < -0.3 is 19.9 Å². The number of nitrogens with zero attached hydrogens (tertiary/aromatic N) is 6. The molecule has 3 aromatic rings. The summed E-state index contributed by atoms with van der Waals surface area (Å²) in [6.45, 7) is 2.60. The van der Waals surface area contributed by atoms with E-state index in [4.69, 9.17) is 0 Å². The molecule has 0 aliphatic carbocycles. The van der Waals surface area contributed by atoms with Crippen molar-refractivity contribution in [3.8, 4) is 11.8 Å². The number of pyridine rings is 1. The molecule has 2 aromatic heterocycles. The molecule has 4 rings (SSSR count). The second-order valence-electron chi connectivity index (χ2n) is 9.79. The second kappa shape index (κ2) is 12.6. The molecule has 1 aromatic carbocycles. The number of carbonyl (C=O) groups excluding carboxylic acids is 1. The van der Waals surface area contributed by atoms with E-state index in [1.807, 2.05) is 38.4 Å². The minimum absolute atomic E-state index is 0.107. The van der Waals surface area contributed by atoms with E-state index in [9.17, 15) is 14.9 Å². The Hall–Kier alpha value is -3.79. The van der Waals surface area contributed by atoms with E-state index in [0.717, 1.165) is 20.0 Å². The third-order valence-electron chi connectivity index (χ3n) is 6.02. The molecule has 0 atom stereocenters. The van der Waals surface area contributed by atoms with Gasteiger partial charge in [-0.1, -0.05) is 5.92 Å². The van der Waals surface area contributed by atoms with Gasteiger partial charge in [-0.2, -0.15) is 0 Å². The molecule has 1 N–H and O–H groups in total. The Bertz CT molecular complexity index is 1650. The van der Waals surface area contributed by atoms with Crippen LogP contribution >= 0.6 is 31.9 Å². The van der Waals surface area contributed by atoms with Crippen LogP contribution in [0.1, 0.15) is 19.0 Å². The van der Waals surface area contributed by atoms with Crippen molar-refractivity contribution in [3.63, 3.8) is 0 Å². The first kappa shape index (κ1) is 29.2.